The molecule has 0 spiro atoms. The number of carbonyl (C=O) groups excluding carboxylic acids is 1. The van der Waals surface area contributed by atoms with Gasteiger partial charge >= 0.3 is 0 Å². The van der Waals surface area contributed by atoms with Gasteiger partial charge in [-0.2, -0.15) is 0 Å². The van der Waals surface area contributed by atoms with E-state index >= 15 is 0 Å². The number of benzene rings is 2. The van der Waals surface area contributed by atoms with Crippen LogP contribution in [0.15, 0.2) is 47.4 Å². The third-order valence-electron chi connectivity index (χ3n) is 5.61. The van der Waals surface area contributed by atoms with E-state index in [9.17, 15) is 13.2 Å². The van der Waals surface area contributed by atoms with Crippen LogP contribution in [-0.4, -0.2) is 56.1 Å². The van der Waals surface area contributed by atoms with Crippen LogP contribution in [0.1, 0.15) is 32.3 Å². The Morgan fingerprint density at radius 3 is 2.39 bits per heavy atom. The average molecular weight is 508 g/mol. The molecule has 0 fully saturated rings. The van der Waals surface area contributed by atoms with E-state index in [0.29, 0.717) is 33.7 Å². The Balaban J connectivity index is 1.74. The zero-order valence-corrected chi connectivity index (χ0v) is 21.6. The van der Waals surface area contributed by atoms with Crippen LogP contribution in [0.3, 0.4) is 0 Å². The lowest BCUT2D eigenvalue weighted by molar-refractivity contribution is -0.118. The van der Waals surface area contributed by atoms with E-state index in [2.05, 4.69) is 23.7 Å². The van der Waals surface area contributed by atoms with Crippen LogP contribution in [0.25, 0.3) is 10.2 Å². The first-order valence-corrected chi connectivity index (χ1v) is 14.0. The molecular weight excluding hydrogens is 478 g/mol. The van der Waals surface area contributed by atoms with Crippen molar-refractivity contribution in [3.8, 4) is 0 Å². The van der Waals surface area contributed by atoms with Gasteiger partial charge in [-0.1, -0.05) is 60.5 Å². The van der Waals surface area contributed by atoms with Gasteiger partial charge < -0.3 is 4.90 Å². The predicted molar refractivity (Wildman–Crippen MR) is 137 cm³/mol. The lowest BCUT2D eigenvalue weighted by atomic mass is 10.2. The number of rotatable bonds is 11. The summed E-state index contributed by atoms with van der Waals surface area (Å²) in [7, 11) is -3.43. The maximum Gasteiger partial charge on any atom is 0.228 e. The summed E-state index contributed by atoms with van der Waals surface area (Å²) in [5, 5.41) is 1.15. The third-order valence-corrected chi connectivity index (χ3v) is 8.77. The fourth-order valence-corrected chi connectivity index (χ4v) is 6.16. The molecule has 0 atom stereocenters. The van der Waals surface area contributed by atoms with Crippen LogP contribution in [-0.2, 0) is 14.6 Å². The average Bonchev–Trinajstić information content (AvgIpc) is 3.22. The van der Waals surface area contributed by atoms with Gasteiger partial charge in [-0.15, -0.1) is 0 Å². The molecule has 1 heterocycles. The van der Waals surface area contributed by atoms with Crippen LogP contribution in [0.4, 0.5) is 5.13 Å². The Labute approximate surface area is 205 Å². The van der Waals surface area contributed by atoms with Crippen molar-refractivity contribution in [2.24, 2.45) is 0 Å². The number of amides is 1. The van der Waals surface area contributed by atoms with Crippen LogP contribution in [0, 0.1) is 6.92 Å². The van der Waals surface area contributed by atoms with Crippen molar-refractivity contribution >= 4 is 54.0 Å². The monoisotopic (exact) mass is 507 g/mol. The highest BCUT2D eigenvalue weighted by Crippen LogP contribution is 2.33. The second-order valence-corrected chi connectivity index (χ2v) is 11.4. The van der Waals surface area contributed by atoms with Crippen molar-refractivity contribution in [2.75, 3.05) is 36.8 Å². The van der Waals surface area contributed by atoms with Gasteiger partial charge in [0.15, 0.2) is 15.0 Å². The zero-order valence-electron chi connectivity index (χ0n) is 19.3. The normalized spacial score (nSPS) is 11.9. The van der Waals surface area contributed by atoms with Gasteiger partial charge in [0.25, 0.3) is 0 Å². The topological polar surface area (TPSA) is 70.6 Å². The number of nitrogens with zero attached hydrogens (tertiary/aromatic N) is 3. The minimum Gasteiger partial charge on any atom is -0.302 e. The van der Waals surface area contributed by atoms with Gasteiger partial charge in [-0.3, -0.25) is 9.69 Å². The van der Waals surface area contributed by atoms with E-state index < -0.39 is 9.84 Å². The highest BCUT2D eigenvalue weighted by Gasteiger charge is 2.22. The molecule has 0 aliphatic heterocycles. The molecule has 1 aromatic heterocycles. The molecule has 0 bridgehead atoms. The molecule has 0 aliphatic carbocycles. The van der Waals surface area contributed by atoms with Crippen molar-refractivity contribution in [2.45, 2.75) is 38.5 Å². The number of hydrogen-bond donors (Lipinski definition) is 0. The highest BCUT2D eigenvalue weighted by atomic mass is 35.5. The van der Waals surface area contributed by atoms with Crippen molar-refractivity contribution in [3.05, 3.63) is 53.1 Å². The molecule has 33 heavy (non-hydrogen) atoms. The molecule has 3 rings (SSSR count). The van der Waals surface area contributed by atoms with Crippen molar-refractivity contribution < 1.29 is 13.2 Å². The van der Waals surface area contributed by atoms with Gasteiger partial charge in [-0.25, -0.2) is 13.4 Å². The van der Waals surface area contributed by atoms with Gasteiger partial charge in [0.05, 0.1) is 20.4 Å². The Hall–Kier alpha value is -2.00. The van der Waals surface area contributed by atoms with Crippen LogP contribution in [0.2, 0.25) is 5.02 Å². The van der Waals surface area contributed by atoms with E-state index in [1.54, 1.807) is 35.2 Å². The molecule has 0 N–H and O–H groups in total. The molecule has 0 radical (unpaired) electrons. The number of halogens is 1. The Morgan fingerprint density at radius 2 is 1.76 bits per heavy atom. The third kappa shape index (κ3) is 6.53. The molecule has 0 aliphatic rings. The summed E-state index contributed by atoms with van der Waals surface area (Å²) in [6, 6.07) is 12.4. The lowest BCUT2D eigenvalue weighted by Crippen LogP contribution is -2.38. The van der Waals surface area contributed by atoms with E-state index in [4.69, 9.17) is 11.6 Å². The van der Waals surface area contributed by atoms with Crippen LogP contribution >= 0.6 is 22.9 Å². The molecule has 0 unspecified atom stereocenters. The summed E-state index contributed by atoms with van der Waals surface area (Å²) < 4.78 is 26.2. The molecule has 9 heteroatoms. The largest absolute Gasteiger partial charge is 0.302 e. The second-order valence-electron chi connectivity index (χ2n) is 7.89. The van der Waals surface area contributed by atoms with E-state index in [-0.39, 0.29) is 24.5 Å². The molecule has 1 amide bonds. The fraction of sp³-hybridized carbons (Fsp3) is 0.417. The predicted octanol–water partition coefficient (Wildman–Crippen LogP) is 5.19. The second kappa shape index (κ2) is 11.4. The number of aromatic nitrogens is 1. The molecular formula is C24H30ClN3O3S2. The number of carbonyl (C=O) groups is 1. The summed E-state index contributed by atoms with van der Waals surface area (Å²) in [5.74, 6) is -0.200. The molecule has 0 saturated carbocycles. The number of para-hydroxylation sites is 1. The summed E-state index contributed by atoms with van der Waals surface area (Å²) in [4.78, 5) is 22.0. The van der Waals surface area contributed by atoms with E-state index in [1.165, 1.54) is 11.3 Å². The maximum atomic E-state index is 13.2. The first-order valence-electron chi connectivity index (χ1n) is 11.1. The summed E-state index contributed by atoms with van der Waals surface area (Å²) >= 11 is 7.72. The number of aryl methyl sites for hydroxylation is 1. The number of fused-ring (bicyclic) bond motifs is 1. The SMILES string of the molecule is CCN(CC)CCN(C(=O)CCCS(=O)(=O)c1ccc(C)cc1)c1nc2c(Cl)cccc2s1. The standard InChI is InChI=1S/C24H30ClN3O3S2/c1-4-27(5-2)15-16-28(24-26-23-20(25)8-6-9-21(23)32-24)22(29)10-7-17-33(30,31)19-13-11-18(3)12-14-19/h6,8-9,11-14H,4-5,7,10,15-17H2,1-3H3. The first kappa shape index (κ1) is 25.6. The van der Waals surface area contributed by atoms with E-state index in [0.717, 1.165) is 23.4 Å². The van der Waals surface area contributed by atoms with Gasteiger partial charge in [0, 0.05) is 19.5 Å². The van der Waals surface area contributed by atoms with Crippen molar-refractivity contribution in [3.63, 3.8) is 0 Å². The van der Waals surface area contributed by atoms with Gasteiger partial charge in [-0.05, 0) is 50.7 Å². The number of anilines is 1. The Kier molecular flexibility index (Phi) is 8.87. The minimum absolute atomic E-state index is 0.0721. The minimum atomic E-state index is -3.43. The number of sulfone groups is 1. The molecule has 0 saturated heterocycles. The molecule has 3 aromatic rings. The highest BCUT2D eigenvalue weighted by molar-refractivity contribution is 7.91. The number of thiazole rings is 1. The summed E-state index contributed by atoms with van der Waals surface area (Å²) in [5.41, 5.74) is 1.69. The first-order chi connectivity index (χ1) is 15.7. The fourth-order valence-electron chi connectivity index (χ4n) is 3.54. The Bertz CT molecular complexity index is 1190. The van der Waals surface area contributed by atoms with Gasteiger partial charge in [0.1, 0.15) is 5.52 Å². The summed E-state index contributed by atoms with van der Waals surface area (Å²) in [6.45, 7) is 9.06. The van der Waals surface area contributed by atoms with Crippen molar-refractivity contribution in [1.29, 1.82) is 0 Å². The van der Waals surface area contributed by atoms with Crippen molar-refractivity contribution in [1.82, 2.24) is 9.88 Å². The number of hydrogen-bond acceptors (Lipinski definition) is 6. The lowest BCUT2D eigenvalue weighted by Gasteiger charge is -2.24. The smallest absolute Gasteiger partial charge is 0.228 e. The maximum absolute atomic E-state index is 13.2. The molecule has 6 nitrogen and oxygen atoms in total. The zero-order chi connectivity index (χ0) is 24.0. The quantitative estimate of drug-likeness (QED) is 0.357. The van der Waals surface area contributed by atoms with E-state index in [1.807, 2.05) is 19.1 Å². The van der Waals surface area contributed by atoms with Crippen LogP contribution in [0.5, 0.6) is 0 Å². The number of likely N-dealkylation sites (N-methyl/N-ethyl adjacent to an activating group) is 1. The summed E-state index contributed by atoms with van der Waals surface area (Å²) in [6.07, 6.45) is 0.384. The molecule has 2 aromatic carbocycles. The molecule has 178 valence electrons. The van der Waals surface area contributed by atoms with Crippen LogP contribution < -0.4 is 4.90 Å². The Morgan fingerprint density at radius 1 is 1.06 bits per heavy atom. The van der Waals surface area contributed by atoms with Gasteiger partial charge in [0.2, 0.25) is 5.91 Å².